The van der Waals surface area contributed by atoms with Crippen LogP contribution in [0.15, 0.2) is 0 Å². The predicted octanol–water partition coefficient (Wildman–Crippen LogP) is 3.37. The molecule has 1 aliphatic rings. The molecule has 1 rings (SSSR count). The zero-order valence-corrected chi connectivity index (χ0v) is 12.2. The number of unbranched alkanes of at least 4 members (excludes halogenated alkanes) is 3. The largest absolute Gasteiger partial charge is 0.303 e. The summed E-state index contributed by atoms with van der Waals surface area (Å²) in [5, 5.41) is 0. The Labute approximate surface area is 108 Å². The summed E-state index contributed by atoms with van der Waals surface area (Å²) in [7, 11) is 2.30. The van der Waals surface area contributed by atoms with E-state index < -0.39 is 0 Å². The lowest BCUT2D eigenvalue weighted by Gasteiger charge is -2.36. The summed E-state index contributed by atoms with van der Waals surface area (Å²) in [6.07, 6.45) is 9.64. The smallest absolute Gasteiger partial charge is 0.0117 e. The van der Waals surface area contributed by atoms with Crippen LogP contribution in [0.5, 0.6) is 0 Å². The van der Waals surface area contributed by atoms with Gasteiger partial charge in [0.15, 0.2) is 0 Å². The van der Waals surface area contributed by atoms with Crippen LogP contribution in [0.1, 0.15) is 58.8 Å². The Bertz CT molecular complexity index is 174. The lowest BCUT2D eigenvalue weighted by molar-refractivity contribution is 0.126. The van der Waals surface area contributed by atoms with E-state index in [1.165, 1.54) is 71.1 Å². The highest BCUT2D eigenvalue weighted by Crippen LogP contribution is 2.16. The standard InChI is InChI=1S/C15H32N2/c1-4-6-7-8-12-17-13-9-15(10-14-17)16(3)11-5-2/h15H,4-14H2,1-3H3. The third-order valence-electron chi connectivity index (χ3n) is 4.08. The molecular weight excluding hydrogens is 208 g/mol. The van der Waals surface area contributed by atoms with Crippen LogP contribution >= 0.6 is 0 Å². The summed E-state index contributed by atoms with van der Waals surface area (Å²) in [6.45, 7) is 9.81. The number of hydrogen-bond donors (Lipinski definition) is 0. The maximum atomic E-state index is 2.67. The van der Waals surface area contributed by atoms with E-state index in [4.69, 9.17) is 0 Å². The molecule has 17 heavy (non-hydrogen) atoms. The van der Waals surface area contributed by atoms with Crippen molar-refractivity contribution in [3.05, 3.63) is 0 Å². The molecule has 0 radical (unpaired) electrons. The number of hydrogen-bond acceptors (Lipinski definition) is 2. The fourth-order valence-electron chi connectivity index (χ4n) is 2.88. The maximum absolute atomic E-state index is 2.67. The van der Waals surface area contributed by atoms with Gasteiger partial charge in [-0.15, -0.1) is 0 Å². The second kappa shape index (κ2) is 8.93. The van der Waals surface area contributed by atoms with E-state index in [2.05, 4.69) is 30.7 Å². The summed E-state index contributed by atoms with van der Waals surface area (Å²) in [4.78, 5) is 5.24. The van der Waals surface area contributed by atoms with Gasteiger partial charge < -0.3 is 9.80 Å². The summed E-state index contributed by atoms with van der Waals surface area (Å²) in [5.41, 5.74) is 0. The van der Waals surface area contributed by atoms with Gasteiger partial charge in [-0.3, -0.25) is 0 Å². The summed E-state index contributed by atoms with van der Waals surface area (Å²) in [6, 6.07) is 0.849. The minimum atomic E-state index is 0.849. The Morgan fingerprint density at radius 3 is 2.29 bits per heavy atom. The van der Waals surface area contributed by atoms with E-state index in [0.717, 1.165) is 6.04 Å². The number of nitrogens with zero attached hydrogens (tertiary/aromatic N) is 2. The molecule has 0 saturated carbocycles. The quantitative estimate of drug-likeness (QED) is 0.600. The Balaban J connectivity index is 2.08. The Hall–Kier alpha value is -0.0800. The first-order chi connectivity index (χ1) is 8.27. The first-order valence-corrected chi connectivity index (χ1v) is 7.70. The van der Waals surface area contributed by atoms with Gasteiger partial charge in [-0.25, -0.2) is 0 Å². The van der Waals surface area contributed by atoms with Crippen LogP contribution in [-0.4, -0.2) is 49.1 Å². The van der Waals surface area contributed by atoms with Gasteiger partial charge >= 0.3 is 0 Å². The molecule has 0 bridgehead atoms. The first kappa shape index (κ1) is 15.0. The van der Waals surface area contributed by atoms with Gasteiger partial charge in [0.25, 0.3) is 0 Å². The van der Waals surface area contributed by atoms with Crippen molar-refractivity contribution in [1.82, 2.24) is 9.80 Å². The molecule has 0 unspecified atom stereocenters. The van der Waals surface area contributed by atoms with Crippen molar-refractivity contribution in [3.63, 3.8) is 0 Å². The predicted molar refractivity (Wildman–Crippen MR) is 76.5 cm³/mol. The molecule has 0 aliphatic carbocycles. The molecule has 2 nitrogen and oxygen atoms in total. The SMILES string of the molecule is CCCCCCN1CCC(N(C)CCC)CC1. The monoisotopic (exact) mass is 240 g/mol. The van der Waals surface area contributed by atoms with E-state index in [1.54, 1.807) is 0 Å². The van der Waals surface area contributed by atoms with E-state index in [-0.39, 0.29) is 0 Å². The van der Waals surface area contributed by atoms with E-state index in [1.807, 2.05) is 0 Å². The fourth-order valence-corrected chi connectivity index (χ4v) is 2.88. The molecular formula is C15H32N2. The van der Waals surface area contributed by atoms with Crippen molar-refractivity contribution in [3.8, 4) is 0 Å². The molecule has 0 spiro atoms. The molecule has 0 amide bonds. The molecule has 2 heteroatoms. The van der Waals surface area contributed by atoms with Gasteiger partial charge in [-0.1, -0.05) is 33.1 Å². The molecule has 1 heterocycles. The van der Waals surface area contributed by atoms with Crippen molar-refractivity contribution >= 4 is 0 Å². The zero-order chi connectivity index (χ0) is 12.5. The van der Waals surface area contributed by atoms with Crippen molar-refractivity contribution < 1.29 is 0 Å². The van der Waals surface area contributed by atoms with Crippen molar-refractivity contribution in [2.24, 2.45) is 0 Å². The van der Waals surface area contributed by atoms with Crippen LogP contribution in [-0.2, 0) is 0 Å². The molecule has 1 fully saturated rings. The summed E-state index contributed by atoms with van der Waals surface area (Å²) < 4.78 is 0. The third-order valence-corrected chi connectivity index (χ3v) is 4.08. The average molecular weight is 240 g/mol. The Kier molecular flexibility index (Phi) is 7.87. The molecule has 0 aromatic carbocycles. The fraction of sp³-hybridized carbons (Fsp3) is 1.00. The highest BCUT2D eigenvalue weighted by Gasteiger charge is 2.21. The van der Waals surface area contributed by atoms with Crippen LogP contribution in [0.4, 0.5) is 0 Å². The highest BCUT2D eigenvalue weighted by molar-refractivity contribution is 4.78. The number of piperidine rings is 1. The van der Waals surface area contributed by atoms with E-state index >= 15 is 0 Å². The van der Waals surface area contributed by atoms with Crippen LogP contribution < -0.4 is 0 Å². The van der Waals surface area contributed by atoms with Crippen molar-refractivity contribution in [1.29, 1.82) is 0 Å². The van der Waals surface area contributed by atoms with Crippen LogP contribution in [0.2, 0.25) is 0 Å². The van der Waals surface area contributed by atoms with Gasteiger partial charge in [-0.2, -0.15) is 0 Å². The van der Waals surface area contributed by atoms with E-state index in [0.29, 0.717) is 0 Å². The summed E-state index contributed by atoms with van der Waals surface area (Å²) >= 11 is 0. The molecule has 0 atom stereocenters. The van der Waals surface area contributed by atoms with Gasteiger partial charge in [0, 0.05) is 6.04 Å². The molecule has 0 aromatic heterocycles. The van der Waals surface area contributed by atoms with Crippen LogP contribution in [0, 0.1) is 0 Å². The second-order valence-electron chi connectivity index (χ2n) is 5.61. The van der Waals surface area contributed by atoms with Crippen molar-refractivity contribution in [2.75, 3.05) is 33.2 Å². The highest BCUT2D eigenvalue weighted by atomic mass is 15.2. The molecule has 1 saturated heterocycles. The summed E-state index contributed by atoms with van der Waals surface area (Å²) in [5.74, 6) is 0. The normalized spacial score (nSPS) is 19.1. The van der Waals surface area contributed by atoms with Gasteiger partial charge in [-0.05, 0) is 58.9 Å². The van der Waals surface area contributed by atoms with Crippen LogP contribution in [0.3, 0.4) is 0 Å². The van der Waals surface area contributed by atoms with Gasteiger partial charge in [0.2, 0.25) is 0 Å². The van der Waals surface area contributed by atoms with Crippen LogP contribution in [0.25, 0.3) is 0 Å². The molecule has 0 N–H and O–H groups in total. The lowest BCUT2D eigenvalue weighted by atomic mass is 10.0. The van der Waals surface area contributed by atoms with Gasteiger partial charge in [0.05, 0.1) is 0 Å². The Morgan fingerprint density at radius 2 is 1.71 bits per heavy atom. The number of likely N-dealkylation sites (tertiary alicyclic amines) is 1. The lowest BCUT2D eigenvalue weighted by Crippen LogP contribution is -2.43. The number of rotatable bonds is 8. The molecule has 1 aliphatic heterocycles. The minimum absolute atomic E-state index is 0.849. The van der Waals surface area contributed by atoms with Gasteiger partial charge in [0.1, 0.15) is 0 Å². The molecule has 0 aromatic rings. The zero-order valence-electron chi connectivity index (χ0n) is 12.2. The maximum Gasteiger partial charge on any atom is 0.0117 e. The average Bonchev–Trinajstić information content (AvgIpc) is 2.36. The first-order valence-electron chi connectivity index (χ1n) is 7.70. The van der Waals surface area contributed by atoms with Crippen molar-refractivity contribution in [2.45, 2.75) is 64.8 Å². The van der Waals surface area contributed by atoms with E-state index in [9.17, 15) is 0 Å². The third kappa shape index (κ3) is 5.87. The second-order valence-corrected chi connectivity index (χ2v) is 5.61. The Morgan fingerprint density at radius 1 is 1.00 bits per heavy atom. The minimum Gasteiger partial charge on any atom is -0.303 e. The molecule has 102 valence electrons. The topological polar surface area (TPSA) is 6.48 Å².